The van der Waals surface area contributed by atoms with E-state index in [1.54, 1.807) is 98.8 Å². The number of hydrogen-bond acceptors (Lipinski definition) is 6. The van der Waals surface area contributed by atoms with E-state index >= 15 is 0 Å². The Morgan fingerprint density at radius 1 is 0.953 bits per heavy atom. The van der Waals surface area contributed by atoms with Crippen LogP contribution in [0.25, 0.3) is 5.70 Å². The number of hydrogen-bond donors (Lipinski definition) is 3. The predicted molar refractivity (Wildman–Crippen MR) is 159 cm³/mol. The summed E-state index contributed by atoms with van der Waals surface area (Å²) in [4.78, 5) is 56.1. The van der Waals surface area contributed by atoms with Crippen molar-refractivity contribution in [2.45, 2.75) is 45.0 Å². The van der Waals surface area contributed by atoms with Gasteiger partial charge < -0.3 is 25.2 Å². The largest absolute Gasteiger partial charge is 0.497 e. The maximum atomic E-state index is 14.6. The highest BCUT2D eigenvalue weighted by atomic mass is 16.5. The van der Waals surface area contributed by atoms with Crippen LogP contribution in [0, 0.1) is 5.92 Å². The molecule has 0 radical (unpaired) electrons. The molecular weight excluding hydrogens is 550 g/mol. The lowest BCUT2D eigenvalue weighted by Crippen LogP contribution is -2.70. The van der Waals surface area contributed by atoms with E-state index in [1.165, 1.54) is 23.1 Å². The molecule has 0 fully saturated rings. The van der Waals surface area contributed by atoms with Crippen molar-refractivity contribution in [1.29, 1.82) is 0 Å². The minimum atomic E-state index is -2.88. The molecule has 3 aromatic rings. The van der Waals surface area contributed by atoms with Crippen molar-refractivity contribution in [1.82, 2.24) is 15.1 Å². The van der Waals surface area contributed by atoms with Gasteiger partial charge in [-0.3, -0.25) is 19.3 Å². The summed E-state index contributed by atoms with van der Waals surface area (Å²) >= 11 is 0. The zero-order chi connectivity index (χ0) is 31.3. The molecule has 3 N–H and O–H groups in total. The van der Waals surface area contributed by atoms with Crippen LogP contribution < -0.4 is 10.1 Å². The molecule has 0 spiro atoms. The molecule has 224 valence electrons. The topological polar surface area (TPSA) is 136 Å². The van der Waals surface area contributed by atoms with Crippen LogP contribution in [0.3, 0.4) is 0 Å². The molecule has 10 nitrogen and oxygen atoms in total. The molecule has 1 heterocycles. The smallest absolute Gasteiger partial charge is 0.359 e. The fraction of sp³-hybridized carbons (Fsp3) is 0.273. The number of amides is 3. The predicted octanol–water partition coefficient (Wildman–Crippen LogP) is 3.52. The van der Waals surface area contributed by atoms with Gasteiger partial charge >= 0.3 is 5.97 Å². The molecule has 2 unspecified atom stereocenters. The maximum absolute atomic E-state index is 14.6. The first kappa shape index (κ1) is 31.0. The van der Waals surface area contributed by atoms with Gasteiger partial charge in [0.1, 0.15) is 17.8 Å². The zero-order valence-corrected chi connectivity index (χ0v) is 24.4. The highest BCUT2D eigenvalue weighted by Gasteiger charge is 2.53. The number of carbonyl (C=O) groups excluding carboxylic acids is 3. The molecule has 4 rings (SSSR count). The normalized spacial score (nSPS) is 17.1. The van der Waals surface area contributed by atoms with Gasteiger partial charge in [0.05, 0.1) is 12.8 Å². The van der Waals surface area contributed by atoms with Crippen molar-refractivity contribution >= 4 is 29.4 Å². The lowest BCUT2D eigenvalue weighted by molar-refractivity contribution is -0.175. The van der Waals surface area contributed by atoms with Crippen LogP contribution in [0.5, 0.6) is 5.75 Å². The van der Waals surface area contributed by atoms with E-state index in [0.29, 0.717) is 22.4 Å². The molecule has 0 aromatic heterocycles. The van der Waals surface area contributed by atoms with E-state index in [2.05, 4.69) is 5.32 Å². The number of aliphatic hydroxyl groups is 1. The molecule has 0 saturated carbocycles. The standard InChI is InChI=1S/C33H35N3O7/c1-21(2)29-31(39)36(28(19-23-11-7-5-8-12-23)33(42,32(40)41)34-22(3)37)27(24-13-9-6-10-14-24)20-35(29)30(38)25-15-17-26(43-4)18-16-25/h5-18,20-21,28-29,42H,19H2,1-4H3,(H,34,37)(H,40,41)/t28-,29?,33?/m0/s1. The third-order valence-corrected chi connectivity index (χ3v) is 7.34. The van der Waals surface area contributed by atoms with E-state index < -0.39 is 47.4 Å². The molecule has 1 aliphatic heterocycles. The van der Waals surface area contributed by atoms with Crippen LogP contribution in [0.4, 0.5) is 0 Å². The molecule has 3 amide bonds. The number of carboxylic acid groups (broad SMARTS) is 1. The minimum Gasteiger partial charge on any atom is -0.497 e. The summed E-state index contributed by atoms with van der Waals surface area (Å²) in [5, 5.41) is 24.2. The van der Waals surface area contributed by atoms with Gasteiger partial charge in [-0.25, -0.2) is 4.79 Å². The second-order valence-corrected chi connectivity index (χ2v) is 10.7. The van der Waals surface area contributed by atoms with Crippen molar-refractivity contribution in [3.63, 3.8) is 0 Å². The molecule has 43 heavy (non-hydrogen) atoms. The quantitative estimate of drug-likeness (QED) is 0.310. The summed E-state index contributed by atoms with van der Waals surface area (Å²) < 4.78 is 5.21. The molecule has 1 aliphatic rings. The molecule has 0 saturated heterocycles. The van der Waals surface area contributed by atoms with E-state index in [1.807, 2.05) is 0 Å². The first-order chi connectivity index (χ1) is 20.5. The van der Waals surface area contributed by atoms with Crippen molar-refractivity contribution in [3.05, 3.63) is 108 Å². The van der Waals surface area contributed by atoms with Crippen LogP contribution in [-0.4, -0.2) is 68.6 Å². The second-order valence-electron chi connectivity index (χ2n) is 10.7. The number of nitrogens with zero attached hydrogens (tertiary/aromatic N) is 2. The van der Waals surface area contributed by atoms with Crippen molar-refractivity contribution < 1.29 is 34.1 Å². The lowest BCUT2D eigenvalue weighted by atomic mass is 9.89. The lowest BCUT2D eigenvalue weighted by Gasteiger charge is -2.47. The average molecular weight is 586 g/mol. The van der Waals surface area contributed by atoms with Gasteiger partial charge in [0.25, 0.3) is 17.5 Å². The summed E-state index contributed by atoms with van der Waals surface area (Å²) in [6, 6.07) is 21.4. The van der Waals surface area contributed by atoms with Gasteiger partial charge in [-0.05, 0) is 47.7 Å². The number of methoxy groups -OCH3 is 1. The molecule has 10 heteroatoms. The second kappa shape index (κ2) is 12.9. The van der Waals surface area contributed by atoms with Crippen LogP contribution in [0.1, 0.15) is 42.3 Å². The Morgan fingerprint density at radius 3 is 2.05 bits per heavy atom. The van der Waals surface area contributed by atoms with E-state index in [0.717, 1.165) is 6.92 Å². The van der Waals surface area contributed by atoms with Crippen molar-refractivity contribution in [2.24, 2.45) is 5.92 Å². The molecular formula is C33H35N3O7. The number of carboxylic acids is 1. The zero-order valence-electron chi connectivity index (χ0n) is 24.4. The van der Waals surface area contributed by atoms with Crippen LogP contribution in [-0.2, 0) is 20.8 Å². The maximum Gasteiger partial charge on any atom is 0.359 e. The van der Waals surface area contributed by atoms with E-state index in [4.69, 9.17) is 4.74 Å². The molecule has 3 aromatic carbocycles. The third-order valence-electron chi connectivity index (χ3n) is 7.34. The molecule has 3 atom stereocenters. The highest BCUT2D eigenvalue weighted by Crippen LogP contribution is 2.36. The number of rotatable bonds is 10. The Morgan fingerprint density at radius 2 is 1.53 bits per heavy atom. The van der Waals surface area contributed by atoms with Gasteiger partial charge in [0, 0.05) is 18.7 Å². The first-order valence-electron chi connectivity index (χ1n) is 13.8. The van der Waals surface area contributed by atoms with Gasteiger partial charge in [0.2, 0.25) is 5.91 Å². The van der Waals surface area contributed by atoms with Crippen LogP contribution in [0.2, 0.25) is 0 Å². The Kier molecular flexibility index (Phi) is 9.30. The summed E-state index contributed by atoms with van der Waals surface area (Å²) in [6.07, 6.45) is 1.39. The Labute approximate surface area is 250 Å². The van der Waals surface area contributed by atoms with Gasteiger partial charge in [0.15, 0.2) is 0 Å². The number of ether oxygens (including phenoxy) is 1. The Bertz CT molecular complexity index is 1510. The van der Waals surface area contributed by atoms with Crippen LogP contribution >= 0.6 is 0 Å². The number of aliphatic carboxylic acids is 1. The number of nitrogens with one attached hydrogen (secondary N) is 1. The van der Waals surface area contributed by atoms with Gasteiger partial charge in [-0.2, -0.15) is 0 Å². The molecule has 0 bridgehead atoms. The Balaban J connectivity index is 1.96. The van der Waals surface area contributed by atoms with Crippen molar-refractivity contribution in [3.8, 4) is 5.75 Å². The van der Waals surface area contributed by atoms with Gasteiger partial charge in [-0.15, -0.1) is 0 Å². The van der Waals surface area contributed by atoms with Crippen molar-refractivity contribution in [2.75, 3.05) is 7.11 Å². The van der Waals surface area contributed by atoms with E-state index in [-0.39, 0.29) is 12.1 Å². The summed E-state index contributed by atoms with van der Waals surface area (Å²) in [5.41, 5.74) is -1.25. The SMILES string of the molecule is COc1ccc(C(=O)N2C=C(c3ccccc3)N([C@@H](Cc3ccccc3)C(O)(NC(C)=O)C(=O)O)C(=O)C2C(C)C)cc1. The highest BCUT2D eigenvalue weighted by molar-refractivity contribution is 6.03. The number of benzene rings is 3. The minimum absolute atomic E-state index is 0.128. The third kappa shape index (κ3) is 6.44. The summed E-state index contributed by atoms with van der Waals surface area (Å²) in [6.45, 7) is 4.64. The van der Waals surface area contributed by atoms with Gasteiger partial charge in [-0.1, -0.05) is 74.5 Å². The molecule has 0 aliphatic carbocycles. The average Bonchev–Trinajstić information content (AvgIpc) is 2.99. The summed E-state index contributed by atoms with van der Waals surface area (Å²) in [7, 11) is 1.52. The monoisotopic (exact) mass is 585 g/mol. The number of carbonyl (C=O) groups is 4. The summed E-state index contributed by atoms with van der Waals surface area (Å²) in [5.74, 6) is -3.44. The fourth-order valence-corrected chi connectivity index (χ4v) is 5.28. The fourth-order valence-electron chi connectivity index (χ4n) is 5.28. The van der Waals surface area contributed by atoms with Crippen LogP contribution in [0.15, 0.2) is 91.1 Å². The first-order valence-corrected chi connectivity index (χ1v) is 13.8. The van der Waals surface area contributed by atoms with E-state index in [9.17, 15) is 29.4 Å². The Hall–Kier alpha value is -4.96.